The SMILES string of the molecule is CC(C)n1nnnc1-c1ccccc1. The van der Waals surface area contributed by atoms with Gasteiger partial charge in [-0.1, -0.05) is 30.3 Å². The second-order valence-electron chi connectivity index (χ2n) is 3.41. The summed E-state index contributed by atoms with van der Waals surface area (Å²) in [6, 6.07) is 10.2. The number of hydrogen-bond acceptors (Lipinski definition) is 3. The molecule has 0 atom stereocenters. The molecular formula is C10H12N4. The highest BCUT2D eigenvalue weighted by molar-refractivity contribution is 5.53. The first-order valence-corrected chi connectivity index (χ1v) is 4.62. The van der Waals surface area contributed by atoms with Crippen molar-refractivity contribution >= 4 is 0 Å². The van der Waals surface area contributed by atoms with Crippen LogP contribution >= 0.6 is 0 Å². The molecule has 1 heterocycles. The lowest BCUT2D eigenvalue weighted by Crippen LogP contribution is -2.05. The van der Waals surface area contributed by atoms with Gasteiger partial charge in [-0.3, -0.25) is 0 Å². The first-order chi connectivity index (χ1) is 6.79. The van der Waals surface area contributed by atoms with Crippen LogP contribution in [-0.2, 0) is 0 Å². The van der Waals surface area contributed by atoms with Crippen molar-refractivity contribution in [3.63, 3.8) is 0 Å². The second-order valence-corrected chi connectivity index (χ2v) is 3.41. The van der Waals surface area contributed by atoms with E-state index in [-0.39, 0.29) is 6.04 Å². The summed E-state index contributed by atoms with van der Waals surface area (Å²) in [5, 5.41) is 11.6. The molecule has 0 aliphatic rings. The zero-order valence-corrected chi connectivity index (χ0v) is 8.25. The third kappa shape index (κ3) is 1.51. The Kier molecular flexibility index (Phi) is 2.26. The van der Waals surface area contributed by atoms with Gasteiger partial charge in [-0.05, 0) is 24.3 Å². The van der Waals surface area contributed by atoms with Crippen LogP contribution in [0.25, 0.3) is 11.4 Å². The van der Waals surface area contributed by atoms with Gasteiger partial charge in [0, 0.05) is 5.56 Å². The molecule has 0 saturated heterocycles. The fraction of sp³-hybridized carbons (Fsp3) is 0.300. The van der Waals surface area contributed by atoms with Gasteiger partial charge in [0.2, 0.25) is 0 Å². The molecule has 2 rings (SSSR count). The standard InChI is InChI=1S/C10H12N4/c1-8(2)14-10(11-12-13-14)9-6-4-3-5-7-9/h3-8H,1-2H3. The second kappa shape index (κ2) is 3.57. The van der Waals surface area contributed by atoms with Crippen molar-refractivity contribution in [2.24, 2.45) is 0 Å². The van der Waals surface area contributed by atoms with E-state index in [9.17, 15) is 0 Å². The largest absolute Gasteiger partial charge is 0.223 e. The van der Waals surface area contributed by atoms with E-state index in [1.54, 1.807) is 0 Å². The molecule has 0 aliphatic carbocycles. The van der Waals surface area contributed by atoms with E-state index in [0.717, 1.165) is 11.4 Å². The summed E-state index contributed by atoms with van der Waals surface area (Å²) < 4.78 is 1.81. The Labute approximate surface area is 82.6 Å². The lowest BCUT2D eigenvalue weighted by atomic mass is 10.2. The number of rotatable bonds is 2. The minimum atomic E-state index is 0.278. The molecule has 0 fully saturated rings. The lowest BCUT2D eigenvalue weighted by molar-refractivity contribution is 0.519. The van der Waals surface area contributed by atoms with Crippen LogP contribution in [0.3, 0.4) is 0 Å². The molecule has 1 aromatic heterocycles. The Morgan fingerprint density at radius 2 is 1.86 bits per heavy atom. The Hall–Kier alpha value is -1.71. The number of benzene rings is 1. The topological polar surface area (TPSA) is 43.6 Å². The Morgan fingerprint density at radius 1 is 1.14 bits per heavy atom. The van der Waals surface area contributed by atoms with E-state index in [1.165, 1.54) is 0 Å². The molecule has 72 valence electrons. The van der Waals surface area contributed by atoms with Crippen molar-refractivity contribution in [2.75, 3.05) is 0 Å². The molecule has 0 radical (unpaired) electrons. The van der Waals surface area contributed by atoms with E-state index in [1.807, 2.05) is 35.0 Å². The number of aromatic nitrogens is 4. The third-order valence-electron chi connectivity index (χ3n) is 2.01. The van der Waals surface area contributed by atoms with Crippen molar-refractivity contribution < 1.29 is 0 Å². The maximum Gasteiger partial charge on any atom is 0.182 e. The predicted octanol–water partition coefficient (Wildman–Crippen LogP) is 1.92. The van der Waals surface area contributed by atoms with Crippen LogP contribution < -0.4 is 0 Å². The zero-order chi connectivity index (χ0) is 9.97. The monoisotopic (exact) mass is 188 g/mol. The van der Waals surface area contributed by atoms with Crippen LogP contribution in [-0.4, -0.2) is 20.2 Å². The maximum atomic E-state index is 4.01. The fourth-order valence-corrected chi connectivity index (χ4v) is 1.32. The molecular weight excluding hydrogens is 176 g/mol. The van der Waals surface area contributed by atoms with E-state index < -0.39 is 0 Å². The van der Waals surface area contributed by atoms with Crippen LogP contribution in [0, 0.1) is 0 Å². The molecule has 0 saturated carbocycles. The first-order valence-electron chi connectivity index (χ1n) is 4.62. The highest BCUT2D eigenvalue weighted by Gasteiger charge is 2.09. The molecule has 0 bridgehead atoms. The summed E-state index contributed by atoms with van der Waals surface area (Å²) in [5.74, 6) is 0.820. The van der Waals surface area contributed by atoms with E-state index >= 15 is 0 Å². The van der Waals surface area contributed by atoms with Gasteiger partial charge in [-0.15, -0.1) is 5.10 Å². The summed E-state index contributed by atoms with van der Waals surface area (Å²) in [7, 11) is 0. The summed E-state index contributed by atoms with van der Waals surface area (Å²) >= 11 is 0. The van der Waals surface area contributed by atoms with Crippen LogP contribution in [0.2, 0.25) is 0 Å². The molecule has 0 amide bonds. The van der Waals surface area contributed by atoms with Gasteiger partial charge in [0.25, 0.3) is 0 Å². The minimum absolute atomic E-state index is 0.278. The summed E-state index contributed by atoms with van der Waals surface area (Å²) in [4.78, 5) is 0. The molecule has 4 nitrogen and oxygen atoms in total. The first kappa shape index (κ1) is 8.87. The summed E-state index contributed by atoms with van der Waals surface area (Å²) in [6.45, 7) is 4.12. The predicted molar refractivity (Wildman–Crippen MR) is 53.6 cm³/mol. The van der Waals surface area contributed by atoms with Crippen LogP contribution in [0.5, 0.6) is 0 Å². The smallest absolute Gasteiger partial charge is 0.182 e. The quantitative estimate of drug-likeness (QED) is 0.723. The van der Waals surface area contributed by atoms with Gasteiger partial charge < -0.3 is 0 Å². The highest BCUT2D eigenvalue weighted by atomic mass is 15.5. The Bertz CT molecular complexity index is 405. The average molecular weight is 188 g/mol. The third-order valence-corrected chi connectivity index (χ3v) is 2.01. The van der Waals surface area contributed by atoms with E-state index in [4.69, 9.17) is 0 Å². The Morgan fingerprint density at radius 3 is 2.50 bits per heavy atom. The van der Waals surface area contributed by atoms with Gasteiger partial charge in [0.1, 0.15) is 0 Å². The average Bonchev–Trinajstić information content (AvgIpc) is 2.67. The van der Waals surface area contributed by atoms with E-state index in [2.05, 4.69) is 29.4 Å². The molecule has 0 spiro atoms. The van der Waals surface area contributed by atoms with Crippen LogP contribution in [0.4, 0.5) is 0 Å². The minimum Gasteiger partial charge on any atom is -0.223 e. The number of tetrazole rings is 1. The normalized spacial score (nSPS) is 10.8. The van der Waals surface area contributed by atoms with Crippen molar-refractivity contribution in [2.45, 2.75) is 19.9 Å². The zero-order valence-electron chi connectivity index (χ0n) is 8.25. The van der Waals surface area contributed by atoms with Crippen molar-refractivity contribution in [3.05, 3.63) is 30.3 Å². The molecule has 14 heavy (non-hydrogen) atoms. The molecule has 0 unspecified atom stereocenters. The molecule has 4 heteroatoms. The molecule has 1 aromatic carbocycles. The van der Waals surface area contributed by atoms with Crippen molar-refractivity contribution in [1.82, 2.24) is 20.2 Å². The number of hydrogen-bond donors (Lipinski definition) is 0. The van der Waals surface area contributed by atoms with Crippen LogP contribution in [0.15, 0.2) is 30.3 Å². The lowest BCUT2D eigenvalue weighted by Gasteiger charge is -2.06. The molecule has 2 aromatic rings. The van der Waals surface area contributed by atoms with Gasteiger partial charge in [0.05, 0.1) is 6.04 Å². The molecule has 0 aliphatic heterocycles. The van der Waals surface area contributed by atoms with Gasteiger partial charge in [-0.25, -0.2) is 4.68 Å². The summed E-state index contributed by atoms with van der Waals surface area (Å²) in [6.07, 6.45) is 0. The van der Waals surface area contributed by atoms with Gasteiger partial charge in [-0.2, -0.15) is 0 Å². The van der Waals surface area contributed by atoms with Gasteiger partial charge >= 0.3 is 0 Å². The fourth-order valence-electron chi connectivity index (χ4n) is 1.32. The number of nitrogens with zero attached hydrogens (tertiary/aromatic N) is 4. The van der Waals surface area contributed by atoms with Crippen molar-refractivity contribution in [3.8, 4) is 11.4 Å². The highest BCUT2D eigenvalue weighted by Crippen LogP contribution is 2.17. The Balaban J connectivity index is 2.47. The van der Waals surface area contributed by atoms with Crippen LogP contribution in [0.1, 0.15) is 19.9 Å². The van der Waals surface area contributed by atoms with Gasteiger partial charge in [0.15, 0.2) is 5.82 Å². The van der Waals surface area contributed by atoms with Crippen molar-refractivity contribution in [1.29, 1.82) is 0 Å². The maximum absolute atomic E-state index is 4.01. The van der Waals surface area contributed by atoms with E-state index in [0.29, 0.717) is 0 Å². The molecule has 0 N–H and O–H groups in total. The summed E-state index contributed by atoms with van der Waals surface area (Å²) in [5.41, 5.74) is 1.05.